The Kier molecular flexibility index (Phi) is 4.02. The van der Waals surface area contributed by atoms with E-state index in [0.29, 0.717) is 6.54 Å². The maximum absolute atomic E-state index is 10.8. The Labute approximate surface area is 112 Å². The molecule has 0 fully saturated rings. The molecule has 19 heavy (non-hydrogen) atoms. The van der Waals surface area contributed by atoms with E-state index in [1.807, 2.05) is 30.1 Å². The molecule has 100 valence electrons. The van der Waals surface area contributed by atoms with Crippen LogP contribution in [0.1, 0.15) is 5.56 Å². The molecule has 0 saturated heterocycles. The van der Waals surface area contributed by atoms with Crippen LogP contribution in [0.5, 0.6) is 5.75 Å². The lowest BCUT2D eigenvalue weighted by atomic mass is 10.1. The van der Waals surface area contributed by atoms with Gasteiger partial charge in [-0.1, -0.05) is 18.2 Å². The highest BCUT2D eigenvalue weighted by Gasteiger charge is 2.04. The van der Waals surface area contributed by atoms with E-state index < -0.39 is 0 Å². The van der Waals surface area contributed by atoms with Gasteiger partial charge in [-0.05, 0) is 41.6 Å². The predicted octanol–water partition coefficient (Wildman–Crippen LogP) is 1.77. The van der Waals surface area contributed by atoms with E-state index in [-0.39, 0.29) is 12.5 Å². The van der Waals surface area contributed by atoms with Crippen LogP contribution in [-0.2, 0) is 11.3 Å². The summed E-state index contributed by atoms with van der Waals surface area (Å²) in [5.74, 6) is 0.541. The van der Waals surface area contributed by atoms with Crippen LogP contribution < -0.4 is 10.5 Å². The SMILES string of the molecule is COc1ccc2cc(CN(C)CC(N)=O)ccc2c1. The predicted molar refractivity (Wildman–Crippen MR) is 76.0 cm³/mol. The highest BCUT2D eigenvalue weighted by Crippen LogP contribution is 2.22. The minimum Gasteiger partial charge on any atom is -0.497 e. The minimum atomic E-state index is -0.312. The zero-order chi connectivity index (χ0) is 13.8. The number of nitrogens with zero attached hydrogens (tertiary/aromatic N) is 1. The number of methoxy groups -OCH3 is 1. The second-order valence-electron chi connectivity index (χ2n) is 4.69. The summed E-state index contributed by atoms with van der Waals surface area (Å²) in [4.78, 5) is 12.7. The molecule has 2 aromatic carbocycles. The molecule has 1 amide bonds. The lowest BCUT2D eigenvalue weighted by Crippen LogP contribution is -2.30. The summed E-state index contributed by atoms with van der Waals surface area (Å²) in [6.07, 6.45) is 0. The van der Waals surface area contributed by atoms with Gasteiger partial charge < -0.3 is 10.5 Å². The fraction of sp³-hybridized carbons (Fsp3) is 0.267. The van der Waals surface area contributed by atoms with Crippen LogP contribution in [0.15, 0.2) is 36.4 Å². The zero-order valence-electron chi connectivity index (χ0n) is 11.2. The van der Waals surface area contributed by atoms with Crippen molar-refractivity contribution in [1.82, 2.24) is 4.90 Å². The van der Waals surface area contributed by atoms with E-state index in [2.05, 4.69) is 18.2 Å². The Morgan fingerprint density at radius 3 is 2.58 bits per heavy atom. The molecule has 0 atom stereocenters. The van der Waals surface area contributed by atoms with Gasteiger partial charge >= 0.3 is 0 Å². The summed E-state index contributed by atoms with van der Waals surface area (Å²) >= 11 is 0. The van der Waals surface area contributed by atoms with Crippen LogP contribution >= 0.6 is 0 Å². The van der Waals surface area contributed by atoms with Crippen LogP contribution in [0.25, 0.3) is 10.8 Å². The first-order chi connectivity index (χ1) is 9.08. The van der Waals surface area contributed by atoms with Gasteiger partial charge in [0.05, 0.1) is 13.7 Å². The van der Waals surface area contributed by atoms with E-state index in [4.69, 9.17) is 10.5 Å². The van der Waals surface area contributed by atoms with E-state index in [9.17, 15) is 4.79 Å². The van der Waals surface area contributed by atoms with Gasteiger partial charge in [-0.25, -0.2) is 0 Å². The average molecular weight is 258 g/mol. The summed E-state index contributed by atoms with van der Waals surface area (Å²) in [5, 5.41) is 2.30. The molecule has 0 unspecified atom stereocenters. The fourth-order valence-corrected chi connectivity index (χ4v) is 2.13. The second kappa shape index (κ2) is 5.71. The van der Waals surface area contributed by atoms with E-state index in [1.165, 1.54) is 0 Å². The van der Waals surface area contributed by atoms with Gasteiger partial charge in [0, 0.05) is 6.54 Å². The second-order valence-corrected chi connectivity index (χ2v) is 4.69. The molecule has 0 saturated carbocycles. The summed E-state index contributed by atoms with van der Waals surface area (Å²) in [5.41, 5.74) is 6.33. The molecule has 4 nitrogen and oxygen atoms in total. The van der Waals surface area contributed by atoms with E-state index in [1.54, 1.807) is 7.11 Å². The van der Waals surface area contributed by atoms with Gasteiger partial charge in [-0.3, -0.25) is 9.69 Å². The Morgan fingerprint density at radius 1 is 1.21 bits per heavy atom. The Hall–Kier alpha value is -2.07. The van der Waals surface area contributed by atoms with Gasteiger partial charge in [0.15, 0.2) is 0 Å². The minimum absolute atomic E-state index is 0.265. The number of fused-ring (bicyclic) bond motifs is 1. The highest BCUT2D eigenvalue weighted by molar-refractivity contribution is 5.84. The molecule has 0 aliphatic heterocycles. The van der Waals surface area contributed by atoms with Crippen molar-refractivity contribution in [2.24, 2.45) is 5.73 Å². The lowest BCUT2D eigenvalue weighted by molar-refractivity contribution is -0.118. The third-order valence-corrected chi connectivity index (χ3v) is 2.99. The largest absolute Gasteiger partial charge is 0.497 e. The first kappa shape index (κ1) is 13.4. The zero-order valence-corrected chi connectivity index (χ0v) is 11.2. The number of carbonyl (C=O) groups is 1. The number of likely N-dealkylation sites (N-methyl/N-ethyl adjacent to an activating group) is 1. The number of carbonyl (C=O) groups excluding carboxylic acids is 1. The number of hydrogen-bond donors (Lipinski definition) is 1. The standard InChI is InChI=1S/C15H18N2O2/c1-17(10-15(16)18)9-11-3-4-13-8-14(19-2)6-5-12(13)7-11/h3-8H,9-10H2,1-2H3,(H2,16,18). The van der Waals surface area contributed by atoms with Gasteiger partial charge in [-0.2, -0.15) is 0 Å². The highest BCUT2D eigenvalue weighted by atomic mass is 16.5. The van der Waals surface area contributed by atoms with Crippen molar-refractivity contribution in [3.05, 3.63) is 42.0 Å². The number of rotatable bonds is 5. The van der Waals surface area contributed by atoms with Crippen molar-refractivity contribution < 1.29 is 9.53 Å². The number of nitrogens with two attached hydrogens (primary N) is 1. The molecule has 2 aromatic rings. The quantitative estimate of drug-likeness (QED) is 0.889. The first-order valence-electron chi connectivity index (χ1n) is 6.12. The third-order valence-electron chi connectivity index (χ3n) is 2.99. The van der Waals surface area contributed by atoms with Crippen molar-refractivity contribution in [1.29, 1.82) is 0 Å². The summed E-state index contributed by atoms with van der Waals surface area (Å²) in [7, 11) is 3.54. The maximum atomic E-state index is 10.8. The molecule has 4 heteroatoms. The lowest BCUT2D eigenvalue weighted by Gasteiger charge is -2.15. The number of amides is 1. The molecular weight excluding hydrogens is 240 g/mol. The number of benzene rings is 2. The van der Waals surface area contributed by atoms with Gasteiger partial charge in [0.1, 0.15) is 5.75 Å². The molecule has 0 aromatic heterocycles. The molecule has 0 spiro atoms. The number of hydrogen-bond acceptors (Lipinski definition) is 3. The number of ether oxygens (including phenoxy) is 1. The van der Waals surface area contributed by atoms with Crippen LogP contribution in [0.3, 0.4) is 0 Å². The third kappa shape index (κ3) is 3.45. The van der Waals surface area contributed by atoms with E-state index >= 15 is 0 Å². The van der Waals surface area contributed by atoms with Crippen LogP contribution in [0, 0.1) is 0 Å². The van der Waals surface area contributed by atoms with Gasteiger partial charge in [0.2, 0.25) is 5.91 Å². The smallest absolute Gasteiger partial charge is 0.231 e. The molecule has 0 heterocycles. The van der Waals surface area contributed by atoms with Gasteiger partial charge in [-0.15, -0.1) is 0 Å². The number of primary amides is 1. The van der Waals surface area contributed by atoms with Crippen molar-refractivity contribution in [2.45, 2.75) is 6.54 Å². The molecule has 0 radical (unpaired) electrons. The average Bonchev–Trinajstić information content (AvgIpc) is 2.37. The Morgan fingerprint density at radius 2 is 1.89 bits per heavy atom. The van der Waals surface area contributed by atoms with Crippen molar-refractivity contribution in [3.8, 4) is 5.75 Å². The van der Waals surface area contributed by atoms with Crippen LogP contribution in [0.4, 0.5) is 0 Å². The molecule has 2 rings (SSSR count). The Bertz CT molecular complexity index is 596. The maximum Gasteiger partial charge on any atom is 0.231 e. The van der Waals surface area contributed by atoms with Crippen LogP contribution in [0.2, 0.25) is 0 Å². The fourth-order valence-electron chi connectivity index (χ4n) is 2.13. The first-order valence-corrected chi connectivity index (χ1v) is 6.12. The topological polar surface area (TPSA) is 55.6 Å². The normalized spacial score (nSPS) is 10.9. The van der Waals surface area contributed by atoms with Crippen molar-refractivity contribution in [2.75, 3.05) is 20.7 Å². The summed E-state index contributed by atoms with van der Waals surface area (Å²) < 4.78 is 5.20. The Balaban J connectivity index is 2.19. The summed E-state index contributed by atoms with van der Waals surface area (Å²) in [6.45, 7) is 0.964. The van der Waals surface area contributed by atoms with E-state index in [0.717, 1.165) is 22.1 Å². The van der Waals surface area contributed by atoms with Gasteiger partial charge in [0.25, 0.3) is 0 Å². The summed E-state index contributed by atoms with van der Waals surface area (Å²) in [6, 6.07) is 12.2. The monoisotopic (exact) mass is 258 g/mol. The molecule has 2 N–H and O–H groups in total. The molecular formula is C15H18N2O2. The van der Waals surface area contributed by atoms with Crippen molar-refractivity contribution >= 4 is 16.7 Å². The molecule has 0 aliphatic carbocycles. The van der Waals surface area contributed by atoms with Crippen molar-refractivity contribution in [3.63, 3.8) is 0 Å². The van der Waals surface area contributed by atoms with Crippen LogP contribution in [-0.4, -0.2) is 31.5 Å². The molecule has 0 bridgehead atoms. The molecule has 0 aliphatic rings.